The summed E-state index contributed by atoms with van der Waals surface area (Å²) in [5, 5.41) is 34.5. The molecular formula is C48H78O23. The first-order chi connectivity index (χ1) is 33.5. The average Bonchev–Trinajstić information content (AvgIpc) is 3.27. The van der Waals surface area contributed by atoms with E-state index in [2.05, 4.69) is 6.92 Å². The van der Waals surface area contributed by atoms with Crippen molar-refractivity contribution in [2.24, 2.45) is 0 Å². The summed E-state index contributed by atoms with van der Waals surface area (Å²) in [5.74, 6) is -5.08. The van der Waals surface area contributed by atoms with Crippen molar-refractivity contribution < 1.29 is 110 Å². The number of ether oxygens (including phenoxy) is 14. The second-order valence-electron chi connectivity index (χ2n) is 18.6. The minimum absolute atomic E-state index is 0.288. The van der Waals surface area contributed by atoms with Gasteiger partial charge in [0.05, 0.1) is 24.4 Å². The van der Waals surface area contributed by atoms with Crippen LogP contribution in [-0.2, 0) is 95.1 Å². The number of carbonyl (C=O) groups excluding carboxylic acids is 6. The summed E-state index contributed by atoms with van der Waals surface area (Å²) in [6.07, 6.45) is -18.0. The number of esters is 6. The number of rotatable bonds is 24. The molecule has 0 saturated carbocycles. The predicted molar refractivity (Wildman–Crippen MR) is 241 cm³/mol. The highest BCUT2D eigenvalue weighted by atomic mass is 16.8. The fraction of sp³-hybridized carbons (Fsp3) is 0.875. The highest BCUT2D eigenvalue weighted by molar-refractivity contribution is 5.69. The molecule has 4 rings (SSSR count). The second-order valence-corrected chi connectivity index (χ2v) is 18.6. The number of carbonyl (C=O) groups is 6. The Morgan fingerprint density at radius 1 is 0.352 bits per heavy atom. The van der Waals surface area contributed by atoms with Gasteiger partial charge in [0.1, 0.15) is 36.6 Å². The third-order valence-electron chi connectivity index (χ3n) is 12.4. The molecule has 4 fully saturated rings. The van der Waals surface area contributed by atoms with Crippen LogP contribution in [0.1, 0.15) is 140 Å². The largest absolute Gasteiger partial charge is 0.457 e. The SMILES string of the molecule is CCCCCCCCCCCCO[C@@H]1O[C@@H](C)[C@H](O[C@@H]2O[C@@H](C)[C@H](OC(C)=O)[C@@H](O[C@@H]3O[C@@H](C)[C@H](OC(C)=O)[C@@H](O[C@@H]4O[C@@H](C)[C@H](OC(C)=O)[C@@H](OC(C)=O)[C@H]4OC(C)=O)[C@H]3OC(C)=O)[C@H]2O)[C@@H](O)[C@H]1O. The molecule has 0 unspecified atom stereocenters. The number of hydrogen-bond donors (Lipinski definition) is 3. The molecule has 0 aromatic heterocycles. The Morgan fingerprint density at radius 2 is 0.676 bits per heavy atom. The van der Waals surface area contributed by atoms with E-state index in [0.717, 1.165) is 67.2 Å². The zero-order valence-electron chi connectivity index (χ0n) is 42.8. The molecule has 4 heterocycles. The quantitative estimate of drug-likeness (QED) is 0.0711. The molecule has 4 saturated heterocycles. The van der Waals surface area contributed by atoms with Gasteiger partial charge in [-0.3, -0.25) is 28.8 Å². The molecule has 4 aliphatic heterocycles. The summed E-state index contributed by atoms with van der Waals surface area (Å²) in [5.41, 5.74) is 0. The molecule has 408 valence electrons. The Morgan fingerprint density at radius 3 is 1.14 bits per heavy atom. The van der Waals surface area contributed by atoms with Crippen molar-refractivity contribution in [1.29, 1.82) is 0 Å². The third-order valence-corrected chi connectivity index (χ3v) is 12.4. The van der Waals surface area contributed by atoms with Gasteiger partial charge in [-0.2, -0.15) is 0 Å². The number of aliphatic hydroxyl groups is 3. The van der Waals surface area contributed by atoms with Crippen LogP contribution in [0.4, 0.5) is 0 Å². The molecule has 20 atom stereocenters. The molecule has 0 spiro atoms. The standard InChI is InChI=1S/C48H78O23/c1-12-13-14-15-16-17-18-19-20-21-22-58-45-34(56)33(55)36(23(2)59-45)69-46-35(57)40(37(24(3)60-46)63-27(6)49)70-47-44(68-32(11)54)42(39(26(5)61-47)65-29(8)51)71-48-43(67-31(10)53)41(66-30(9)52)38(25(4)62-48)64-28(7)50/h23-26,33-48,55-57H,12-22H2,1-11H3/t23-,24-,25-,26-,33-,34+,35+,36-,37-,38-,39-,40-,41+,42+,43+,44+,45+,46-,47-,48-/m0/s1. The molecule has 0 aliphatic carbocycles. The smallest absolute Gasteiger partial charge is 0.303 e. The van der Waals surface area contributed by atoms with Crippen LogP contribution < -0.4 is 0 Å². The van der Waals surface area contributed by atoms with E-state index >= 15 is 0 Å². The zero-order chi connectivity index (χ0) is 52.7. The number of unbranched alkanes of at least 4 members (excludes halogenated alkanes) is 9. The van der Waals surface area contributed by atoms with Gasteiger partial charge < -0.3 is 81.6 Å². The first-order valence-corrected chi connectivity index (χ1v) is 24.8. The monoisotopic (exact) mass is 1020 g/mol. The van der Waals surface area contributed by atoms with Crippen LogP contribution in [0.2, 0.25) is 0 Å². The summed E-state index contributed by atoms with van der Waals surface area (Å²) in [4.78, 5) is 75.2. The van der Waals surface area contributed by atoms with Gasteiger partial charge in [-0.15, -0.1) is 0 Å². The minimum atomic E-state index is -1.88. The maximum Gasteiger partial charge on any atom is 0.303 e. The molecule has 71 heavy (non-hydrogen) atoms. The maximum atomic E-state index is 12.9. The van der Waals surface area contributed by atoms with Crippen molar-refractivity contribution in [2.75, 3.05) is 6.61 Å². The summed E-state index contributed by atoms with van der Waals surface area (Å²) < 4.78 is 82.6. The van der Waals surface area contributed by atoms with Crippen molar-refractivity contribution in [3.05, 3.63) is 0 Å². The van der Waals surface area contributed by atoms with Gasteiger partial charge >= 0.3 is 35.8 Å². The number of aliphatic hydroxyl groups excluding tert-OH is 3. The fourth-order valence-corrected chi connectivity index (χ4v) is 9.18. The topological polar surface area (TPSA) is 292 Å². The molecule has 3 N–H and O–H groups in total. The van der Waals surface area contributed by atoms with Crippen LogP contribution in [0.15, 0.2) is 0 Å². The number of hydrogen-bond acceptors (Lipinski definition) is 23. The third kappa shape index (κ3) is 17.5. The van der Waals surface area contributed by atoms with Gasteiger partial charge in [-0.1, -0.05) is 64.7 Å². The molecule has 0 radical (unpaired) electrons. The second kappa shape index (κ2) is 28.7. The lowest BCUT2D eigenvalue weighted by Gasteiger charge is -2.50. The Kier molecular flexibility index (Phi) is 24.3. The fourth-order valence-electron chi connectivity index (χ4n) is 9.18. The molecule has 0 aromatic rings. The highest BCUT2D eigenvalue weighted by Crippen LogP contribution is 2.38. The summed E-state index contributed by atoms with van der Waals surface area (Å²) in [6, 6.07) is 0. The first kappa shape index (κ1) is 59.9. The van der Waals surface area contributed by atoms with E-state index in [0.29, 0.717) is 0 Å². The summed E-state index contributed by atoms with van der Waals surface area (Å²) >= 11 is 0. The van der Waals surface area contributed by atoms with Crippen molar-refractivity contribution >= 4 is 35.8 Å². The van der Waals surface area contributed by atoms with Crippen molar-refractivity contribution in [1.82, 2.24) is 0 Å². The predicted octanol–water partition coefficient (Wildman–Crippen LogP) is 2.73. The first-order valence-electron chi connectivity index (χ1n) is 24.8. The Bertz CT molecular complexity index is 1710. The molecular weight excluding hydrogens is 945 g/mol. The molecule has 0 aromatic carbocycles. The van der Waals surface area contributed by atoms with Crippen LogP contribution in [0.3, 0.4) is 0 Å². The van der Waals surface area contributed by atoms with Gasteiger partial charge in [-0.25, -0.2) is 0 Å². The van der Waals surface area contributed by atoms with Gasteiger partial charge in [-0.05, 0) is 34.1 Å². The molecule has 23 nitrogen and oxygen atoms in total. The van der Waals surface area contributed by atoms with Gasteiger partial charge in [0.25, 0.3) is 0 Å². The zero-order valence-corrected chi connectivity index (χ0v) is 42.8. The van der Waals surface area contributed by atoms with Crippen LogP contribution in [0, 0.1) is 0 Å². The summed E-state index contributed by atoms with van der Waals surface area (Å²) in [6.45, 7) is 15.0. The van der Waals surface area contributed by atoms with E-state index in [1.807, 2.05) is 0 Å². The van der Waals surface area contributed by atoms with E-state index in [4.69, 9.17) is 66.3 Å². The Balaban J connectivity index is 1.58. The van der Waals surface area contributed by atoms with Crippen LogP contribution in [0.5, 0.6) is 0 Å². The van der Waals surface area contributed by atoms with Gasteiger partial charge in [0.15, 0.2) is 61.8 Å². The Labute approximate surface area is 415 Å². The molecule has 0 amide bonds. The van der Waals surface area contributed by atoms with Crippen molar-refractivity contribution in [3.63, 3.8) is 0 Å². The molecule has 0 bridgehead atoms. The lowest BCUT2D eigenvalue weighted by molar-refractivity contribution is -0.385. The van der Waals surface area contributed by atoms with E-state index in [1.54, 1.807) is 6.92 Å². The van der Waals surface area contributed by atoms with E-state index in [1.165, 1.54) is 59.3 Å². The summed E-state index contributed by atoms with van der Waals surface area (Å²) in [7, 11) is 0. The maximum absolute atomic E-state index is 12.9. The molecule has 23 heteroatoms. The van der Waals surface area contributed by atoms with Crippen LogP contribution >= 0.6 is 0 Å². The Hall–Kier alpha value is -3.62. The normalized spacial score (nSPS) is 37.3. The van der Waals surface area contributed by atoms with Gasteiger partial charge in [0.2, 0.25) is 0 Å². The van der Waals surface area contributed by atoms with Gasteiger partial charge in [0, 0.05) is 48.1 Å². The highest BCUT2D eigenvalue weighted by Gasteiger charge is 2.58. The lowest BCUT2D eigenvalue weighted by atomic mass is 9.95. The van der Waals surface area contributed by atoms with Crippen LogP contribution in [0.25, 0.3) is 0 Å². The minimum Gasteiger partial charge on any atom is -0.457 e. The van der Waals surface area contributed by atoms with E-state index < -0.39 is 159 Å². The average molecular weight is 1020 g/mol. The van der Waals surface area contributed by atoms with E-state index in [9.17, 15) is 44.1 Å². The molecule has 4 aliphatic rings. The van der Waals surface area contributed by atoms with E-state index in [-0.39, 0.29) is 6.61 Å². The van der Waals surface area contributed by atoms with Crippen LogP contribution in [-0.4, -0.2) is 181 Å². The lowest BCUT2D eigenvalue weighted by Crippen LogP contribution is -2.68. The van der Waals surface area contributed by atoms with Crippen molar-refractivity contribution in [2.45, 2.75) is 263 Å². The van der Waals surface area contributed by atoms with Crippen molar-refractivity contribution in [3.8, 4) is 0 Å².